The maximum Gasteiger partial charge on any atom is 0.198 e. The van der Waals surface area contributed by atoms with Gasteiger partial charge in [0.1, 0.15) is 5.82 Å². The van der Waals surface area contributed by atoms with Crippen LogP contribution in [0.1, 0.15) is 25.1 Å². The van der Waals surface area contributed by atoms with Crippen molar-refractivity contribution >= 4 is 21.7 Å². The molecule has 0 radical (unpaired) electrons. The highest BCUT2D eigenvalue weighted by molar-refractivity contribution is 9.10. The van der Waals surface area contributed by atoms with E-state index in [-0.39, 0.29) is 0 Å². The molecule has 1 aromatic rings. The molecule has 0 spiro atoms. The normalized spacial score (nSPS) is 14.7. The van der Waals surface area contributed by atoms with Crippen LogP contribution in [0.2, 0.25) is 0 Å². The van der Waals surface area contributed by atoms with Crippen LogP contribution in [-0.4, -0.2) is 29.6 Å². The highest BCUT2D eigenvalue weighted by atomic mass is 79.9. The van der Waals surface area contributed by atoms with Crippen LogP contribution in [0, 0.1) is 0 Å². The van der Waals surface area contributed by atoms with E-state index in [4.69, 9.17) is 0 Å². The summed E-state index contributed by atoms with van der Waals surface area (Å²) < 4.78 is 0.704. The van der Waals surface area contributed by atoms with Crippen molar-refractivity contribution < 1.29 is 0 Å². The SMILES string of the molecule is CCN(CC)c1nc(Br)nc2c1CNCC2. The van der Waals surface area contributed by atoms with Gasteiger partial charge in [0.25, 0.3) is 0 Å². The first-order valence-corrected chi connectivity index (χ1v) is 6.56. The Morgan fingerprint density at radius 2 is 2.06 bits per heavy atom. The second-order valence-electron chi connectivity index (χ2n) is 3.84. The van der Waals surface area contributed by atoms with Crippen LogP contribution < -0.4 is 10.2 Å². The predicted molar refractivity (Wildman–Crippen MR) is 68.7 cm³/mol. The maximum absolute atomic E-state index is 4.52. The average Bonchev–Trinajstić information content (AvgIpc) is 2.30. The molecule has 16 heavy (non-hydrogen) atoms. The summed E-state index contributed by atoms with van der Waals surface area (Å²) >= 11 is 3.40. The summed E-state index contributed by atoms with van der Waals surface area (Å²) in [7, 11) is 0. The molecule has 1 aliphatic heterocycles. The second-order valence-corrected chi connectivity index (χ2v) is 4.55. The van der Waals surface area contributed by atoms with E-state index in [1.54, 1.807) is 0 Å². The van der Waals surface area contributed by atoms with E-state index in [0.29, 0.717) is 4.73 Å². The molecule has 2 heterocycles. The maximum atomic E-state index is 4.52. The molecule has 0 atom stereocenters. The summed E-state index contributed by atoms with van der Waals surface area (Å²) in [6.07, 6.45) is 0.991. The Morgan fingerprint density at radius 1 is 1.31 bits per heavy atom. The molecule has 0 fully saturated rings. The Hall–Kier alpha value is -0.680. The molecular formula is C11H17BrN4. The van der Waals surface area contributed by atoms with Crippen LogP contribution in [-0.2, 0) is 13.0 Å². The lowest BCUT2D eigenvalue weighted by molar-refractivity contribution is 0.619. The van der Waals surface area contributed by atoms with E-state index in [2.05, 4.69) is 50.0 Å². The van der Waals surface area contributed by atoms with E-state index < -0.39 is 0 Å². The first kappa shape index (κ1) is 11.8. The number of halogens is 1. The van der Waals surface area contributed by atoms with Gasteiger partial charge in [0.15, 0.2) is 4.73 Å². The van der Waals surface area contributed by atoms with Gasteiger partial charge in [-0.25, -0.2) is 9.97 Å². The van der Waals surface area contributed by atoms with Crippen LogP contribution in [0.5, 0.6) is 0 Å². The van der Waals surface area contributed by atoms with Gasteiger partial charge in [0, 0.05) is 38.2 Å². The van der Waals surface area contributed by atoms with Crippen LogP contribution in [0.3, 0.4) is 0 Å². The first-order valence-electron chi connectivity index (χ1n) is 5.77. The largest absolute Gasteiger partial charge is 0.357 e. The highest BCUT2D eigenvalue weighted by Gasteiger charge is 2.19. The van der Waals surface area contributed by atoms with Crippen LogP contribution in [0.25, 0.3) is 0 Å². The Kier molecular flexibility index (Phi) is 3.76. The van der Waals surface area contributed by atoms with Gasteiger partial charge in [-0.2, -0.15) is 0 Å². The van der Waals surface area contributed by atoms with Gasteiger partial charge >= 0.3 is 0 Å². The van der Waals surface area contributed by atoms with E-state index >= 15 is 0 Å². The lowest BCUT2D eigenvalue weighted by Gasteiger charge is -2.26. The van der Waals surface area contributed by atoms with Crippen molar-refractivity contribution in [2.45, 2.75) is 26.8 Å². The smallest absolute Gasteiger partial charge is 0.198 e. The first-order chi connectivity index (χ1) is 7.76. The van der Waals surface area contributed by atoms with Gasteiger partial charge in [-0.05, 0) is 29.8 Å². The van der Waals surface area contributed by atoms with Crippen LogP contribution in [0.4, 0.5) is 5.82 Å². The third-order valence-electron chi connectivity index (χ3n) is 2.95. The monoisotopic (exact) mass is 284 g/mol. The molecule has 4 nitrogen and oxygen atoms in total. The van der Waals surface area contributed by atoms with Gasteiger partial charge < -0.3 is 10.2 Å². The topological polar surface area (TPSA) is 41.1 Å². The van der Waals surface area contributed by atoms with E-state index in [1.807, 2.05) is 0 Å². The summed E-state index contributed by atoms with van der Waals surface area (Å²) in [5, 5.41) is 3.38. The van der Waals surface area contributed by atoms with Gasteiger partial charge in [-0.3, -0.25) is 0 Å². The summed E-state index contributed by atoms with van der Waals surface area (Å²) in [5.41, 5.74) is 2.45. The Balaban J connectivity index is 2.46. The number of nitrogens with zero attached hydrogens (tertiary/aromatic N) is 3. The minimum absolute atomic E-state index is 0.704. The van der Waals surface area contributed by atoms with Gasteiger partial charge in [0.05, 0.1) is 5.69 Å². The third-order valence-corrected chi connectivity index (χ3v) is 3.30. The van der Waals surface area contributed by atoms with Crippen LogP contribution >= 0.6 is 15.9 Å². The van der Waals surface area contributed by atoms with Crippen molar-refractivity contribution in [3.63, 3.8) is 0 Å². The van der Waals surface area contributed by atoms with Crippen molar-refractivity contribution in [1.82, 2.24) is 15.3 Å². The number of aromatic nitrogens is 2. The van der Waals surface area contributed by atoms with Crippen molar-refractivity contribution in [2.24, 2.45) is 0 Å². The third kappa shape index (κ3) is 2.20. The van der Waals surface area contributed by atoms with Crippen molar-refractivity contribution in [2.75, 3.05) is 24.5 Å². The summed E-state index contributed by atoms with van der Waals surface area (Å²) in [6, 6.07) is 0. The fourth-order valence-corrected chi connectivity index (χ4v) is 2.46. The fourth-order valence-electron chi connectivity index (χ4n) is 2.08. The van der Waals surface area contributed by atoms with Crippen molar-refractivity contribution in [1.29, 1.82) is 0 Å². The second kappa shape index (κ2) is 5.10. The number of hydrogen-bond donors (Lipinski definition) is 1. The van der Waals surface area contributed by atoms with E-state index in [9.17, 15) is 0 Å². The molecule has 0 aliphatic carbocycles. The molecule has 0 bridgehead atoms. The fraction of sp³-hybridized carbons (Fsp3) is 0.636. The summed E-state index contributed by atoms with van der Waals surface area (Å²) in [4.78, 5) is 11.3. The molecule has 1 N–H and O–H groups in total. The summed E-state index contributed by atoms with van der Waals surface area (Å²) in [6.45, 7) is 8.16. The molecule has 0 aromatic carbocycles. The minimum Gasteiger partial charge on any atom is -0.357 e. The summed E-state index contributed by atoms with van der Waals surface area (Å²) in [5.74, 6) is 1.08. The molecule has 88 valence electrons. The highest BCUT2D eigenvalue weighted by Crippen LogP contribution is 2.24. The van der Waals surface area contributed by atoms with Crippen molar-refractivity contribution in [3.05, 3.63) is 16.0 Å². The quantitative estimate of drug-likeness (QED) is 0.859. The minimum atomic E-state index is 0.704. The molecule has 0 saturated heterocycles. The Bertz CT molecular complexity index is 376. The zero-order valence-corrected chi connectivity index (χ0v) is 11.3. The number of fused-ring (bicyclic) bond motifs is 1. The molecule has 2 rings (SSSR count). The molecule has 1 aromatic heterocycles. The Labute approximate surface area is 105 Å². The number of hydrogen-bond acceptors (Lipinski definition) is 4. The van der Waals surface area contributed by atoms with Gasteiger partial charge in [0.2, 0.25) is 0 Å². The standard InChI is InChI=1S/C11H17BrN4/c1-3-16(4-2)10-8-7-13-6-5-9(8)14-11(12)15-10/h13H,3-7H2,1-2H3. The zero-order chi connectivity index (χ0) is 11.5. The lowest BCUT2D eigenvalue weighted by atomic mass is 10.1. The molecule has 0 unspecified atom stereocenters. The molecule has 5 heteroatoms. The van der Waals surface area contributed by atoms with Gasteiger partial charge in [-0.1, -0.05) is 0 Å². The Morgan fingerprint density at radius 3 is 2.75 bits per heavy atom. The molecule has 1 aliphatic rings. The van der Waals surface area contributed by atoms with Gasteiger partial charge in [-0.15, -0.1) is 0 Å². The predicted octanol–water partition coefficient (Wildman–Crippen LogP) is 1.73. The van der Waals surface area contributed by atoms with Crippen LogP contribution in [0.15, 0.2) is 4.73 Å². The van der Waals surface area contributed by atoms with Crippen molar-refractivity contribution in [3.8, 4) is 0 Å². The zero-order valence-electron chi connectivity index (χ0n) is 9.76. The lowest BCUT2D eigenvalue weighted by Crippen LogP contribution is -2.31. The molecule has 0 saturated carbocycles. The molecule has 0 amide bonds. The number of anilines is 1. The molecular weight excluding hydrogens is 268 g/mol. The van der Waals surface area contributed by atoms with E-state index in [1.165, 1.54) is 11.3 Å². The van der Waals surface area contributed by atoms with E-state index in [0.717, 1.165) is 38.4 Å². The number of rotatable bonds is 3. The average molecular weight is 285 g/mol. The number of nitrogens with one attached hydrogen (secondary N) is 1.